The molecule has 75 valence electrons. The average molecular weight is 187 g/mol. The van der Waals surface area contributed by atoms with Gasteiger partial charge in [-0.2, -0.15) is 0 Å². The minimum Gasteiger partial charge on any atom is -0.0620 e. The van der Waals surface area contributed by atoms with Crippen molar-refractivity contribution in [1.29, 1.82) is 0 Å². The summed E-state index contributed by atoms with van der Waals surface area (Å²) in [6.45, 7) is 0. The van der Waals surface area contributed by atoms with Crippen LogP contribution in [0.3, 0.4) is 0 Å². The van der Waals surface area contributed by atoms with Gasteiger partial charge in [-0.3, -0.25) is 0 Å². The van der Waals surface area contributed by atoms with Crippen molar-refractivity contribution in [2.45, 2.75) is 44.9 Å². The Hall–Kier alpha value is -0.780. The lowest BCUT2D eigenvalue weighted by molar-refractivity contribution is 0.339. The molecule has 1 aliphatic carbocycles. The van der Waals surface area contributed by atoms with Gasteiger partial charge >= 0.3 is 0 Å². The van der Waals surface area contributed by atoms with Crippen molar-refractivity contribution >= 4 is 0 Å². The summed E-state index contributed by atoms with van der Waals surface area (Å²) in [5.74, 6) is 0.998. The first-order valence-corrected chi connectivity index (χ1v) is 5.91. The molecule has 2 rings (SSSR count). The number of rotatable bonds is 3. The quantitative estimate of drug-likeness (QED) is 0.671. The van der Waals surface area contributed by atoms with E-state index in [9.17, 15) is 0 Å². The molecule has 0 aromatic heterocycles. The van der Waals surface area contributed by atoms with Crippen LogP contribution in [-0.2, 0) is 6.42 Å². The zero-order valence-electron chi connectivity index (χ0n) is 8.84. The molecule has 1 radical (unpaired) electrons. The Morgan fingerprint density at radius 3 is 2.71 bits per heavy atom. The zero-order valence-corrected chi connectivity index (χ0v) is 8.84. The minimum absolute atomic E-state index is 0.998. The number of aryl methyl sites for hydroxylation is 1. The van der Waals surface area contributed by atoms with Gasteiger partial charge in [-0.25, -0.2) is 0 Å². The van der Waals surface area contributed by atoms with E-state index in [2.05, 4.69) is 18.2 Å². The molecule has 1 aromatic carbocycles. The fraction of sp³-hybridized carbons (Fsp3) is 0.571. The second kappa shape index (κ2) is 5.19. The largest absolute Gasteiger partial charge is 0.0620 e. The van der Waals surface area contributed by atoms with Crippen molar-refractivity contribution in [3.63, 3.8) is 0 Å². The Morgan fingerprint density at radius 2 is 2.00 bits per heavy atom. The van der Waals surface area contributed by atoms with Gasteiger partial charge in [-0.05, 0) is 30.4 Å². The normalized spacial score (nSPS) is 18.3. The minimum atomic E-state index is 0.998. The van der Waals surface area contributed by atoms with Crippen molar-refractivity contribution < 1.29 is 0 Å². The maximum atomic E-state index is 3.31. The van der Waals surface area contributed by atoms with Gasteiger partial charge in [-0.1, -0.05) is 56.4 Å². The van der Waals surface area contributed by atoms with Gasteiger partial charge in [0.25, 0.3) is 0 Å². The van der Waals surface area contributed by atoms with E-state index in [0.29, 0.717) is 0 Å². The molecule has 1 aromatic rings. The highest BCUT2D eigenvalue weighted by atomic mass is 14.2. The average Bonchev–Trinajstić information content (AvgIpc) is 2.29. The fourth-order valence-corrected chi connectivity index (χ4v) is 2.42. The third-order valence-electron chi connectivity index (χ3n) is 3.32. The third-order valence-corrected chi connectivity index (χ3v) is 3.32. The fourth-order valence-electron chi connectivity index (χ4n) is 2.42. The van der Waals surface area contributed by atoms with Crippen LogP contribution in [0, 0.1) is 12.0 Å². The highest BCUT2D eigenvalue weighted by Crippen LogP contribution is 2.27. The summed E-state index contributed by atoms with van der Waals surface area (Å²) in [7, 11) is 0. The Labute approximate surface area is 87.3 Å². The molecule has 0 aliphatic heterocycles. The molecule has 14 heavy (non-hydrogen) atoms. The molecule has 0 spiro atoms. The smallest absolute Gasteiger partial charge is 0.0149 e. The summed E-state index contributed by atoms with van der Waals surface area (Å²) < 4.78 is 0. The lowest BCUT2D eigenvalue weighted by atomic mass is 9.85. The first-order chi connectivity index (χ1) is 6.95. The van der Waals surface area contributed by atoms with Crippen LogP contribution in [0.5, 0.6) is 0 Å². The Bertz CT molecular complexity index is 244. The van der Waals surface area contributed by atoms with Crippen molar-refractivity contribution in [2.75, 3.05) is 0 Å². The van der Waals surface area contributed by atoms with Crippen molar-refractivity contribution in [3.8, 4) is 0 Å². The van der Waals surface area contributed by atoms with E-state index in [4.69, 9.17) is 0 Å². The topological polar surface area (TPSA) is 0 Å². The van der Waals surface area contributed by atoms with Gasteiger partial charge in [0.2, 0.25) is 0 Å². The molecule has 0 atom stereocenters. The van der Waals surface area contributed by atoms with Crippen LogP contribution < -0.4 is 0 Å². The molecule has 0 amide bonds. The van der Waals surface area contributed by atoms with E-state index < -0.39 is 0 Å². The van der Waals surface area contributed by atoms with Crippen molar-refractivity contribution in [2.24, 2.45) is 5.92 Å². The van der Waals surface area contributed by atoms with Crippen molar-refractivity contribution in [1.82, 2.24) is 0 Å². The Morgan fingerprint density at radius 1 is 1.14 bits per heavy atom. The first-order valence-electron chi connectivity index (χ1n) is 5.91. The number of benzene rings is 1. The lowest BCUT2D eigenvalue weighted by Gasteiger charge is -2.21. The van der Waals surface area contributed by atoms with Gasteiger partial charge in [0.15, 0.2) is 0 Å². The highest BCUT2D eigenvalue weighted by molar-refractivity contribution is 5.13. The van der Waals surface area contributed by atoms with Crippen molar-refractivity contribution in [3.05, 3.63) is 35.9 Å². The van der Waals surface area contributed by atoms with E-state index in [0.717, 1.165) is 5.92 Å². The van der Waals surface area contributed by atoms with Crippen LogP contribution in [0.1, 0.15) is 44.1 Å². The predicted molar refractivity (Wildman–Crippen MR) is 60.2 cm³/mol. The maximum absolute atomic E-state index is 3.31. The summed E-state index contributed by atoms with van der Waals surface area (Å²) in [6.07, 6.45) is 9.92. The van der Waals surface area contributed by atoms with Crippen LogP contribution in [-0.4, -0.2) is 0 Å². The molecular formula is C14H19. The lowest BCUT2D eigenvalue weighted by Crippen LogP contribution is -2.07. The van der Waals surface area contributed by atoms with Gasteiger partial charge in [0, 0.05) is 0 Å². The van der Waals surface area contributed by atoms with E-state index in [1.54, 1.807) is 0 Å². The third kappa shape index (κ3) is 2.87. The van der Waals surface area contributed by atoms with Crippen LogP contribution in [0.15, 0.2) is 24.3 Å². The number of hydrogen-bond donors (Lipinski definition) is 0. The van der Waals surface area contributed by atoms with E-state index in [1.807, 2.05) is 12.1 Å². The van der Waals surface area contributed by atoms with Gasteiger partial charge < -0.3 is 0 Å². The molecule has 0 bridgehead atoms. The SMILES string of the molecule is [c]1ccccc1CCC1CCCCC1. The monoisotopic (exact) mass is 187 g/mol. The Balaban J connectivity index is 1.76. The second-order valence-electron chi connectivity index (χ2n) is 4.43. The summed E-state index contributed by atoms with van der Waals surface area (Å²) in [4.78, 5) is 0. The van der Waals surface area contributed by atoms with Crippen LogP contribution in [0.2, 0.25) is 0 Å². The first kappa shape index (κ1) is 9.76. The molecule has 1 fully saturated rings. The summed E-state index contributed by atoms with van der Waals surface area (Å²) in [6, 6.07) is 11.7. The molecule has 0 heterocycles. The second-order valence-corrected chi connectivity index (χ2v) is 4.43. The molecule has 0 N–H and O–H groups in total. The van der Waals surface area contributed by atoms with E-state index in [-0.39, 0.29) is 0 Å². The van der Waals surface area contributed by atoms with Gasteiger partial charge in [-0.15, -0.1) is 0 Å². The summed E-state index contributed by atoms with van der Waals surface area (Å²) in [5.41, 5.74) is 1.39. The molecule has 1 aliphatic rings. The maximum Gasteiger partial charge on any atom is -0.0149 e. The molecule has 0 unspecified atom stereocenters. The molecule has 0 saturated heterocycles. The zero-order chi connectivity index (χ0) is 9.64. The van der Waals surface area contributed by atoms with Crippen LogP contribution in [0.4, 0.5) is 0 Å². The standard InChI is InChI=1S/C14H19/c1-3-7-13(8-4-1)11-12-14-9-5-2-6-10-14/h1,3-4,7,14H,2,5-6,9-12H2. The highest BCUT2D eigenvalue weighted by Gasteiger charge is 2.12. The van der Waals surface area contributed by atoms with Gasteiger partial charge in [0.05, 0.1) is 0 Å². The Kier molecular flexibility index (Phi) is 3.62. The molecule has 0 heteroatoms. The molecule has 0 nitrogen and oxygen atoms in total. The number of hydrogen-bond acceptors (Lipinski definition) is 0. The summed E-state index contributed by atoms with van der Waals surface area (Å²) >= 11 is 0. The van der Waals surface area contributed by atoms with Gasteiger partial charge in [0.1, 0.15) is 0 Å². The van der Waals surface area contributed by atoms with E-state index in [1.165, 1.54) is 50.5 Å². The predicted octanol–water partition coefficient (Wildman–Crippen LogP) is 4.00. The van der Waals surface area contributed by atoms with E-state index >= 15 is 0 Å². The van der Waals surface area contributed by atoms with Crippen LogP contribution in [0.25, 0.3) is 0 Å². The molecular weight excluding hydrogens is 168 g/mol. The van der Waals surface area contributed by atoms with Crippen LogP contribution >= 0.6 is 0 Å². The molecule has 1 saturated carbocycles. The summed E-state index contributed by atoms with van der Waals surface area (Å²) in [5, 5.41) is 0.